The highest BCUT2D eigenvalue weighted by Crippen LogP contribution is 2.19. The number of aryl methyl sites for hydroxylation is 1. The molecule has 0 saturated carbocycles. The summed E-state index contributed by atoms with van der Waals surface area (Å²) in [6, 6.07) is 23.0. The van der Waals surface area contributed by atoms with Gasteiger partial charge in [-0.2, -0.15) is 0 Å². The maximum absolute atomic E-state index is 12.6. The second-order valence-corrected chi connectivity index (χ2v) is 8.83. The third-order valence-electron chi connectivity index (χ3n) is 6.25. The fourth-order valence-corrected chi connectivity index (χ4v) is 4.29. The molecule has 0 spiro atoms. The molecular weight excluding hydrogens is 448 g/mol. The SMILES string of the molecule is CC[C@@H](NC(=O)/C=C\C(=N)c1cccc(Cn2c(C)nc3ccccc32)c1)c1cccc(C(C)=O)c1. The number of hydrogen-bond donors (Lipinski definition) is 2. The number of allylic oxidation sites excluding steroid dienone is 1. The van der Waals surface area contributed by atoms with E-state index in [9.17, 15) is 9.59 Å². The number of para-hydroxylation sites is 2. The number of nitrogens with zero attached hydrogens (tertiary/aromatic N) is 2. The molecular formula is C30H30N4O2. The molecule has 1 amide bonds. The first-order valence-corrected chi connectivity index (χ1v) is 12.0. The Labute approximate surface area is 211 Å². The van der Waals surface area contributed by atoms with Crippen molar-refractivity contribution >= 4 is 28.4 Å². The van der Waals surface area contributed by atoms with Gasteiger partial charge in [0.05, 0.1) is 22.8 Å². The Bertz CT molecular complexity index is 1460. The molecule has 4 rings (SSSR count). The molecule has 0 unspecified atom stereocenters. The summed E-state index contributed by atoms with van der Waals surface area (Å²) in [6.45, 7) is 6.15. The normalized spacial score (nSPS) is 12.1. The zero-order valence-electron chi connectivity index (χ0n) is 20.8. The zero-order valence-corrected chi connectivity index (χ0v) is 20.8. The van der Waals surface area contributed by atoms with Crippen molar-refractivity contribution in [1.82, 2.24) is 14.9 Å². The molecule has 6 heteroatoms. The van der Waals surface area contributed by atoms with Crippen LogP contribution < -0.4 is 5.32 Å². The number of fused-ring (bicyclic) bond motifs is 1. The molecule has 0 aliphatic heterocycles. The van der Waals surface area contributed by atoms with E-state index in [0.717, 1.165) is 33.5 Å². The molecule has 36 heavy (non-hydrogen) atoms. The number of aromatic nitrogens is 2. The molecule has 182 valence electrons. The third-order valence-corrected chi connectivity index (χ3v) is 6.25. The van der Waals surface area contributed by atoms with Crippen molar-refractivity contribution in [2.45, 2.75) is 39.8 Å². The number of nitrogens with one attached hydrogen (secondary N) is 2. The average molecular weight is 479 g/mol. The maximum Gasteiger partial charge on any atom is 0.244 e. The summed E-state index contributed by atoms with van der Waals surface area (Å²) in [5, 5.41) is 11.5. The van der Waals surface area contributed by atoms with E-state index in [0.29, 0.717) is 18.5 Å². The molecule has 3 aromatic carbocycles. The molecule has 6 nitrogen and oxygen atoms in total. The van der Waals surface area contributed by atoms with E-state index in [1.165, 1.54) is 19.1 Å². The largest absolute Gasteiger partial charge is 0.346 e. The Morgan fingerprint density at radius 1 is 1.00 bits per heavy atom. The highest BCUT2D eigenvalue weighted by atomic mass is 16.1. The first-order valence-electron chi connectivity index (χ1n) is 12.0. The van der Waals surface area contributed by atoms with Gasteiger partial charge in [-0.1, -0.05) is 55.5 Å². The lowest BCUT2D eigenvalue weighted by molar-refractivity contribution is -0.117. The number of hydrogen-bond acceptors (Lipinski definition) is 4. The van der Waals surface area contributed by atoms with Gasteiger partial charge in [0.15, 0.2) is 5.78 Å². The molecule has 2 N–H and O–H groups in total. The summed E-state index contributed by atoms with van der Waals surface area (Å²) in [5.74, 6) is 0.647. The Morgan fingerprint density at radius 2 is 1.75 bits per heavy atom. The van der Waals surface area contributed by atoms with Gasteiger partial charge < -0.3 is 15.3 Å². The number of Topliss-reactive ketones (excluding diaryl/α,β-unsaturated/α-hetero) is 1. The van der Waals surface area contributed by atoms with Gasteiger partial charge in [-0.15, -0.1) is 0 Å². The number of imidazole rings is 1. The monoisotopic (exact) mass is 478 g/mol. The average Bonchev–Trinajstić information content (AvgIpc) is 3.20. The number of rotatable bonds is 9. The van der Waals surface area contributed by atoms with Crippen LogP contribution in [0, 0.1) is 12.3 Å². The lowest BCUT2D eigenvalue weighted by Gasteiger charge is -2.17. The van der Waals surface area contributed by atoms with E-state index in [4.69, 9.17) is 5.41 Å². The quantitative estimate of drug-likeness (QED) is 0.181. The van der Waals surface area contributed by atoms with Gasteiger partial charge >= 0.3 is 0 Å². The second kappa shape index (κ2) is 11.0. The van der Waals surface area contributed by atoms with Gasteiger partial charge in [0, 0.05) is 18.2 Å². The molecule has 0 bridgehead atoms. The first-order chi connectivity index (χ1) is 17.4. The molecule has 1 heterocycles. The smallest absolute Gasteiger partial charge is 0.244 e. The van der Waals surface area contributed by atoms with E-state index < -0.39 is 0 Å². The van der Waals surface area contributed by atoms with Gasteiger partial charge in [0.25, 0.3) is 0 Å². The Balaban J connectivity index is 1.44. The number of benzene rings is 3. The minimum Gasteiger partial charge on any atom is -0.346 e. The van der Waals surface area contributed by atoms with Crippen LogP contribution in [0.3, 0.4) is 0 Å². The minimum absolute atomic E-state index is 0.00927. The van der Waals surface area contributed by atoms with Crippen LogP contribution in [-0.4, -0.2) is 27.0 Å². The molecule has 0 fully saturated rings. The molecule has 1 aromatic heterocycles. The summed E-state index contributed by atoms with van der Waals surface area (Å²) in [5.41, 5.74) is 5.59. The molecule has 1 atom stereocenters. The molecule has 0 aliphatic carbocycles. The maximum atomic E-state index is 12.6. The predicted octanol–water partition coefficient (Wildman–Crippen LogP) is 5.79. The van der Waals surface area contributed by atoms with Crippen LogP contribution in [0.5, 0.6) is 0 Å². The van der Waals surface area contributed by atoms with Crippen LogP contribution in [-0.2, 0) is 11.3 Å². The fourth-order valence-electron chi connectivity index (χ4n) is 4.29. The van der Waals surface area contributed by atoms with E-state index in [-0.39, 0.29) is 23.4 Å². The molecule has 4 aromatic rings. The van der Waals surface area contributed by atoms with Crippen LogP contribution in [0.15, 0.2) is 84.9 Å². The van der Waals surface area contributed by atoms with Crippen molar-refractivity contribution in [2.24, 2.45) is 0 Å². The van der Waals surface area contributed by atoms with Crippen molar-refractivity contribution < 1.29 is 9.59 Å². The van der Waals surface area contributed by atoms with Crippen molar-refractivity contribution in [3.8, 4) is 0 Å². The van der Waals surface area contributed by atoms with Crippen molar-refractivity contribution in [1.29, 1.82) is 5.41 Å². The third kappa shape index (κ3) is 5.66. The Hall–Kier alpha value is -4.32. The van der Waals surface area contributed by atoms with Gasteiger partial charge in [-0.05, 0) is 67.3 Å². The van der Waals surface area contributed by atoms with Crippen LogP contribution in [0.2, 0.25) is 0 Å². The van der Waals surface area contributed by atoms with Crippen LogP contribution in [0.25, 0.3) is 11.0 Å². The van der Waals surface area contributed by atoms with Gasteiger partial charge in [0.1, 0.15) is 5.82 Å². The van der Waals surface area contributed by atoms with Crippen LogP contribution in [0.1, 0.15) is 59.2 Å². The first kappa shape index (κ1) is 24.8. The number of amides is 1. The van der Waals surface area contributed by atoms with Crippen molar-refractivity contribution in [3.05, 3.63) is 113 Å². The number of ketones is 1. The fraction of sp³-hybridized carbons (Fsp3) is 0.200. The summed E-state index contributed by atoms with van der Waals surface area (Å²) in [7, 11) is 0. The number of carbonyl (C=O) groups excluding carboxylic acids is 2. The van der Waals surface area contributed by atoms with Gasteiger partial charge in [-0.25, -0.2) is 4.98 Å². The van der Waals surface area contributed by atoms with Crippen molar-refractivity contribution in [2.75, 3.05) is 0 Å². The molecule has 0 saturated heterocycles. The van der Waals surface area contributed by atoms with Crippen LogP contribution in [0.4, 0.5) is 0 Å². The Morgan fingerprint density at radius 3 is 2.53 bits per heavy atom. The Kier molecular flexibility index (Phi) is 7.54. The standard InChI is InChI=1S/C30H30N4O2/c1-4-27(25-12-8-10-23(18-25)20(2)35)33-30(36)16-15-26(31)24-11-7-9-22(17-24)19-34-21(3)32-28-13-5-6-14-29(28)34/h5-18,27,31H,4,19H2,1-3H3,(H,33,36)/b16-15-,31-26?/t27-/m1/s1. The predicted molar refractivity (Wildman–Crippen MR) is 144 cm³/mol. The van der Waals surface area contributed by atoms with Crippen LogP contribution >= 0.6 is 0 Å². The second-order valence-electron chi connectivity index (χ2n) is 8.83. The summed E-state index contributed by atoms with van der Waals surface area (Å²) in [4.78, 5) is 28.9. The minimum atomic E-state index is -0.281. The van der Waals surface area contributed by atoms with E-state index >= 15 is 0 Å². The lowest BCUT2D eigenvalue weighted by Crippen LogP contribution is -2.26. The van der Waals surface area contributed by atoms with Crippen molar-refractivity contribution in [3.63, 3.8) is 0 Å². The molecule has 0 aliphatic rings. The highest BCUT2D eigenvalue weighted by Gasteiger charge is 2.13. The van der Waals surface area contributed by atoms with Gasteiger partial charge in [0.2, 0.25) is 5.91 Å². The zero-order chi connectivity index (χ0) is 25.7. The summed E-state index contributed by atoms with van der Waals surface area (Å²) < 4.78 is 2.16. The number of carbonyl (C=O) groups is 2. The highest BCUT2D eigenvalue weighted by molar-refractivity contribution is 6.09. The summed E-state index contributed by atoms with van der Waals surface area (Å²) >= 11 is 0. The summed E-state index contributed by atoms with van der Waals surface area (Å²) in [6.07, 6.45) is 3.59. The lowest BCUT2D eigenvalue weighted by atomic mass is 10.0. The van der Waals surface area contributed by atoms with E-state index in [1.807, 2.05) is 74.5 Å². The van der Waals surface area contributed by atoms with Gasteiger partial charge in [-0.3, -0.25) is 9.59 Å². The van der Waals surface area contributed by atoms with E-state index in [2.05, 4.69) is 20.9 Å². The van der Waals surface area contributed by atoms with E-state index in [1.54, 1.807) is 6.07 Å². The molecule has 0 radical (unpaired) electrons. The topological polar surface area (TPSA) is 87.8 Å².